The summed E-state index contributed by atoms with van der Waals surface area (Å²) in [5.41, 5.74) is 0.844. The van der Waals surface area contributed by atoms with Crippen LogP contribution in [0.25, 0.3) is 0 Å². The molecule has 0 unspecified atom stereocenters. The number of rotatable bonds is 1. The van der Waals surface area contributed by atoms with Gasteiger partial charge in [-0.15, -0.1) is 0 Å². The molecule has 6 heteroatoms. The van der Waals surface area contributed by atoms with Gasteiger partial charge in [-0.2, -0.15) is 0 Å². The molecule has 0 saturated carbocycles. The molecule has 0 aliphatic carbocycles. The molecule has 3 atom stereocenters. The molecule has 1 spiro atoms. The monoisotopic (exact) mass is 292 g/mol. The summed E-state index contributed by atoms with van der Waals surface area (Å²) in [6.45, 7) is 2.90. The largest absolute Gasteiger partial charge is 0.383 e. The minimum atomic E-state index is -0.589. The van der Waals surface area contributed by atoms with E-state index in [0.717, 1.165) is 24.2 Å². The normalized spacial score (nSPS) is 36.4. The van der Waals surface area contributed by atoms with Crippen LogP contribution in [-0.2, 0) is 10.3 Å². The summed E-state index contributed by atoms with van der Waals surface area (Å²) in [7, 11) is 0. The molecule has 3 aliphatic heterocycles. The van der Waals surface area contributed by atoms with Gasteiger partial charge in [-0.25, -0.2) is 0 Å². The highest BCUT2D eigenvalue weighted by atomic mass is 35.5. The molecule has 2 bridgehead atoms. The molecular weight excluding hydrogens is 280 g/mol. The highest BCUT2D eigenvalue weighted by molar-refractivity contribution is 6.33. The van der Waals surface area contributed by atoms with Crippen molar-refractivity contribution in [1.82, 2.24) is 0 Å². The third kappa shape index (κ3) is 1.27. The predicted octanol–water partition coefficient (Wildman–Crippen LogP) is 3.23. The fraction of sp³-hybridized carbons (Fsp3) is 0.429. The Labute approximate surface area is 120 Å². The number of nitro groups is 1. The first-order valence-electron chi connectivity index (χ1n) is 6.55. The molecule has 104 valence electrons. The highest BCUT2D eigenvalue weighted by Crippen LogP contribution is 2.62. The minimum Gasteiger partial charge on any atom is -0.383 e. The average Bonchev–Trinajstić information content (AvgIpc) is 2.92. The first kappa shape index (κ1) is 12.2. The van der Waals surface area contributed by atoms with Gasteiger partial charge in [0, 0.05) is 29.7 Å². The number of nitrogens with one attached hydrogen (secondary N) is 1. The van der Waals surface area contributed by atoms with E-state index in [2.05, 4.69) is 12.2 Å². The number of benzene rings is 1. The Morgan fingerprint density at radius 3 is 3.05 bits per heavy atom. The van der Waals surface area contributed by atoms with Crippen molar-refractivity contribution in [2.75, 3.05) is 11.9 Å². The number of hydrogen-bond acceptors (Lipinski definition) is 4. The van der Waals surface area contributed by atoms with Crippen molar-refractivity contribution in [1.29, 1.82) is 0 Å². The number of nitrogens with zero attached hydrogens (tertiary/aromatic N) is 1. The molecule has 1 aromatic rings. The Bertz CT molecular complexity index is 675. The van der Waals surface area contributed by atoms with Crippen LogP contribution < -0.4 is 5.32 Å². The zero-order valence-electron chi connectivity index (χ0n) is 10.9. The Balaban J connectivity index is 2.00. The molecule has 20 heavy (non-hydrogen) atoms. The van der Waals surface area contributed by atoms with E-state index < -0.39 is 10.5 Å². The maximum absolute atomic E-state index is 11.1. The van der Waals surface area contributed by atoms with Crippen molar-refractivity contribution in [2.24, 2.45) is 5.41 Å². The van der Waals surface area contributed by atoms with Gasteiger partial charge in [-0.3, -0.25) is 10.1 Å². The van der Waals surface area contributed by atoms with Gasteiger partial charge in [0.05, 0.1) is 21.7 Å². The molecule has 3 heterocycles. The van der Waals surface area contributed by atoms with Gasteiger partial charge in [0.25, 0.3) is 5.69 Å². The van der Waals surface area contributed by atoms with Crippen molar-refractivity contribution >= 4 is 23.0 Å². The maximum atomic E-state index is 11.1. The second kappa shape index (κ2) is 3.54. The minimum absolute atomic E-state index is 0.00141. The van der Waals surface area contributed by atoms with Crippen LogP contribution in [0.4, 0.5) is 11.4 Å². The van der Waals surface area contributed by atoms with E-state index in [-0.39, 0.29) is 17.2 Å². The number of nitro benzene ring substituents is 1. The van der Waals surface area contributed by atoms with Crippen LogP contribution >= 0.6 is 11.6 Å². The molecular formula is C14H13ClN2O3. The van der Waals surface area contributed by atoms with Crippen LogP contribution in [0.2, 0.25) is 5.02 Å². The summed E-state index contributed by atoms with van der Waals surface area (Å²) in [5, 5.41) is 14.8. The van der Waals surface area contributed by atoms with E-state index in [0.29, 0.717) is 5.02 Å². The predicted molar refractivity (Wildman–Crippen MR) is 75.0 cm³/mol. The van der Waals surface area contributed by atoms with Crippen molar-refractivity contribution in [3.05, 3.63) is 45.0 Å². The molecule has 0 amide bonds. The Kier molecular flexibility index (Phi) is 2.15. The molecule has 5 nitrogen and oxygen atoms in total. The van der Waals surface area contributed by atoms with E-state index in [9.17, 15) is 10.1 Å². The van der Waals surface area contributed by atoms with Crippen molar-refractivity contribution in [2.45, 2.75) is 25.0 Å². The number of halogens is 1. The van der Waals surface area contributed by atoms with E-state index >= 15 is 0 Å². The SMILES string of the molecule is C[C@]12CNc3c(Cl)cc([N+](=O)[O-])cc3[C@]13C=C[C@H](C2)O3. The van der Waals surface area contributed by atoms with Gasteiger partial charge in [0.1, 0.15) is 5.60 Å². The third-order valence-corrected chi connectivity index (χ3v) is 5.07. The lowest BCUT2D eigenvalue weighted by Crippen LogP contribution is -2.47. The Morgan fingerprint density at radius 2 is 2.35 bits per heavy atom. The van der Waals surface area contributed by atoms with Crippen molar-refractivity contribution < 1.29 is 9.66 Å². The summed E-state index contributed by atoms with van der Waals surface area (Å²) in [4.78, 5) is 10.7. The van der Waals surface area contributed by atoms with Gasteiger partial charge in [0.15, 0.2) is 0 Å². The van der Waals surface area contributed by atoms with Gasteiger partial charge in [-0.1, -0.05) is 24.6 Å². The molecule has 0 aromatic heterocycles. The quantitative estimate of drug-likeness (QED) is 0.490. The summed E-state index contributed by atoms with van der Waals surface area (Å²) in [6, 6.07) is 2.97. The highest BCUT2D eigenvalue weighted by Gasteiger charge is 2.61. The van der Waals surface area contributed by atoms with Gasteiger partial charge < -0.3 is 10.1 Å². The smallest absolute Gasteiger partial charge is 0.271 e. The summed E-state index contributed by atoms with van der Waals surface area (Å²) in [6.07, 6.45) is 5.09. The summed E-state index contributed by atoms with van der Waals surface area (Å²) < 4.78 is 6.15. The summed E-state index contributed by atoms with van der Waals surface area (Å²) >= 11 is 6.21. The van der Waals surface area contributed by atoms with Crippen LogP contribution in [0.15, 0.2) is 24.3 Å². The second-order valence-corrected chi connectivity index (χ2v) is 6.38. The lowest BCUT2D eigenvalue weighted by molar-refractivity contribution is -0.385. The topological polar surface area (TPSA) is 64.4 Å². The first-order chi connectivity index (χ1) is 9.45. The van der Waals surface area contributed by atoms with Crippen molar-refractivity contribution in [3.8, 4) is 0 Å². The molecule has 4 rings (SSSR count). The third-order valence-electron chi connectivity index (χ3n) is 4.77. The lowest BCUT2D eigenvalue weighted by Gasteiger charge is -2.45. The van der Waals surface area contributed by atoms with Crippen LogP contribution in [0.1, 0.15) is 18.9 Å². The molecule has 1 fully saturated rings. The number of non-ortho nitro benzene ring substituents is 1. The van der Waals surface area contributed by atoms with E-state index in [1.165, 1.54) is 6.07 Å². The fourth-order valence-electron chi connectivity index (χ4n) is 3.74. The van der Waals surface area contributed by atoms with Crippen LogP contribution in [0, 0.1) is 15.5 Å². The molecule has 1 N–H and O–H groups in total. The Hall–Kier alpha value is -1.59. The van der Waals surface area contributed by atoms with E-state index in [1.54, 1.807) is 6.07 Å². The lowest BCUT2D eigenvalue weighted by atomic mass is 9.64. The number of ether oxygens (including phenoxy) is 1. The average molecular weight is 293 g/mol. The fourth-order valence-corrected chi connectivity index (χ4v) is 4.03. The van der Waals surface area contributed by atoms with Crippen LogP contribution in [0.3, 0.4) is 0 Å². The summed E-state index contributed by atoms with van der Waals surface area (Å²) in [5.74, 6) is 0. The standard InChI is InChI=1S/C14H13ClN2O3/c1-13-6-9-2-3-14(13,20-9)10-4-8(17(18)19)5-11(15)12(10)16-7-13/h2-5,9,16H,6-7H2,1H3/t9-,13+,14-/m1/s1. The van der Waals surface area contributed by atoms with Gasteiger partial charge in [0.2, 0.25) is 0 Å². The zero-order valence-corrected chi connectivity index (χ0v) is 11.6. The number of hydrogen-bond donors (Lipinski definition) is 1. The molecule has 1 aromatic carbocycles. The van der Waals surface area contributed by atoms with E-state index in [4.69, 9.17) is 16.3 Å². The molecule has 1 saturated heterocycles. The first-order valence-corrected chi connectivity index (χ1v) is 6.92. The van der Waals surface area contributed by atoms with Crippen LogP contribution in [0.5, 0.6) is 0 Å². The second-order valence-electron chi connectivity index (χ2n) is 5.98. The van der Waals surface area contributed by atoms with Gasteiger partial charge in [-0.05, 0) is 12.5 Å². The Morgan fingerprint density at radius 1 is 1.55 bits per heavy atom. The van der Waals surface area contributed by atoms with E-state index in [1.807, 2.05) is 12.2 Å². The van der Waals surface area contributed by atoms with Gasteiger partial charge >= 0.3 is 0 Å². The number of anilines is 1. The maximum Gasteiger partial charge on any atom is 0.271 e. The number of fused-ring (bicyclic) bond motifs is 2. The zero-order chi connectivity index (χ0) is 14.1. The van der Waals surface area contributed by atoms with Crippen LogP contribution in [-0.4, -0.2) is 17.6 Å². The molecule has 3 aliphatic rings. The van der Waals surface area contributed by atoms with Crippen molar-refractivity contribution in [3.63, 3.8) is 0 Å². The molecule has 0 radical (unpaired) electrons.